The Bertz CT molecular complexity index is 1010. The third-order valence-electron chi connectivity index (χ3n) is 5.60. The molecule has 1 heterocycles. The van der Waals surface area contributed by atoms with E-state index in [-0.39, 0.29) is 16.9 Å². The molecule has 0 aromatic heterocycles. The summed E-state index contributed by atoms with van der Waals surface area (Å²) >= 11 is 0. The molecule has 0 saturated carbocycles. The number of ketones is 1. The summed E-state index contributed by atoms with van der Waals surface area (Å²) in [7, 11) is 0. The Labute approximate surface area is 168 Å². The van der Waals surface area contributed by atoms with Crippen LogP contribution in [0, 0.1) is 0 Å². The molecule has 2 aliphatic rings. The third-order valence-corrected chi connectivity index (χ3v) is 5.60. The van der Waals surface area contributed by atoms with Gasteiger partial charge in [-0.3, -0.25) is 19.3 Å². The van der Waals surface area contributed by atoms with Gasteiger partial charge in [-0.1, -0.05) is 24.3 Å². The van der Waals surface area contributed by atoms with E-state index in [4.69, 9.17) is 4.74 Å². The van der Waals surface area contributed by atoms with Gasteiger partial charge in [0.1, 0.15) is 6.04 Å². The maximum Gasteiger partial charge on any atom is 0.329 e. The molecule has 0 fully saturated rings. The minimum Gasteiger partial charge on any atom is -0.453 e. The number of ether oxygens (including phenoxy) is 1. The van der Waals surface area contributed by atoms with Crippen molar-refractivity contribution in [3.63, 3.8) is 0 Å². The number of esters is 1. The molecule has 6 nitrogen and oxygen atoms in total. The molecule has 0 radical (unpaired) electrons. The van der Waals surface area contributed by atoms with Crippen molar-refractivity contribution in [1.29, 1.82) is 0 Å². The first-order valence-electron chi connectivity index (χ1n) is 9.72. The monoisotopic (exact) mass is 391 g/mol. The van der Waals surface area contributed by atoms with Crippen molar-refractivity contribution < 1.29 is 23.9 Å². The van der Waals surface area contributed by atoms with Gasteiger partial charge in [0.05, 0.1) is 11.1 Å². The molecule has 1 aliphatic carbocycles. The highest BCUT2D eigenvalue weighted by atomic mass is 16.5. The first-order valence-corrected chi connectivity index (χ1v) is 9.72. The van der Waals surface area contributed by atoms with Gasteiger partial charge in [-0.05, 0) is 62.4 Å². The van der Waals surface area contributed by atoms with Crippen LogP contribution in [0.1, 0.15) is 62.5 Å². The van der Waals surface area contributed by atoms with Gasteiger partial charge in [0.15, 0.2) is 6.10 Å². The number of imide groups is 1. The van der Waals surface area contributed by atoms with E-state index in [1.807, 2.05) is 12.1 Å². The SMILES string of the molecule is C[C@H](OC(=O)[C@@H](C)N1C(=O)c2ccccc2C1=O)C(=O)c1ccc2c(c1)CCC2. The lowest BCUT2D eigenvalue weighted by molar-refractivity contribution is -0.150. The van der Waals surface area contributed by atoms with Crippen molar-refractivity contribution in [2.45, 2.75) is 45.3 Å². The van der Waals surface area contributed by atoms with Crippen LogP contribution in [0.2, 0.25) is 0 Å². The topological polar surface area (TPSA) is 80.8 Å². The molecule has 2 atom stereocenters. The fourth-order valence-electron chi connectivity index (χ4n) is 3.95. The lowest BCUT2D eigenvalue weighted by Crippen LogP contribution is -2.45. The van der Waals surface area contributed by atoms with Crippen molar-refractivity contribution in [3.05, 3.63) is 70.3 Å². The Balaban J connectivity index is 1.46. The second-order valence-corrected chi connectivity index (χ2v) is 7.48. The minimum atomic E-state index is -1.13. The number of hydrogen-bond donors (Lipinski definition) is 0. The van der Waals surface area contributed by atoms with Crippen molar-refractivity contribution in [2.24, 2.45) is 0 Å². The summed E-state index contributed by atoms with van der Waals surface area (Å²) < 4.78 is 5.32. The largest absolute Gasteiger partial charge is 0.453 e. The van der Waals surface area contributed by atoms with Crippen LogP contribution in [0.3, 0.4) is 0 Å². The Kier molecular flexibility index (Phi) is 4.78. The van der Waals surface area contributed by atoms with Crippen LogP contribution in [-0.4, -0.2) is 40.6 Å². The normalized spacial score (nSPS) is 17.0. The molecule has 2 amide bonds. The molecule has 4 rings (SSSR count). The van der Waals surface area contributed by atoms with Gasteiger partial charge < -0.3 is 4.74 Å². The summed E-state index contributed by atoms with van der Waals surface area (Å²) in [6.45, 7) is 2.93. The first kappa shape index (κ1) is 19.1. The lowest BCUT2D eigenvalue weighted by Gasteiger charge is -2.22. The number of fused-ring (bicyclic) bond motifs is 2. The van der Waals surface area contributed by atoms with Gasteiger partial charge in [-0.25, -0.2) is 4.79 Å². The summed E-state index contributed by atoms with van der Waals surface area (Å²) in [6.07, 6.45) is 2.03. The Hall–Kier alpha value is -3.28. The van der Waals surface area contributed by atoms with E-state index >= 15 is 0 Å². The summed E-state index contributed by atoms with van der Waals surface area (Å²) in [5, 5.41) is 0. The van der Waals surface area contributed by atoms with Crippen molar-refractivity contribution in [2.75, 3.05) is 0 Å². The number of benzene rings is 2. The third kappa shape index (κ3) is 3.24. The zero-order chi connectivity index (χ0) is 20.7. The van der Waals surface area contributed by atoms with E-state index in [0.29, 0.717) is 5.56 Å². The number of amides is 2. The summed E-state index contributed by atoms with van der Waals surface area (Å²) in [5.74, 6) is -2.16. The number of nitrogens with zero attached hydrogens (tertiary/aromatic N) is 1. The van der Waals surface area contributed by atoms with E-state index in [1.54, 1.807) is 30.3 Å². The van der Waals surface area contributed by atoms with Gasteiger partial charge in [0, 0.05) is 5.56 Å². The maximum absolute atomic E-state index is 12.7. The molecule has 29 heavy (non-hydrogen) atoms. The Morgan fingerprint density at radius 3 is 2.21 bits per heavy atom. The molecule has 0 saturated heterocycles. The molecule has 148 valence electrons. The van der Waals surface area contributed by atoms with Gasteiger partial charge >= 0.3 is 5.97 Å². The fraction of sp³-hybridized carbons (Fsp3) is 0.304. The molecule has 2 aromatic carbocycles. The standard InChI is InChI=1S/C23H21NO5/c1-13(24-21(26)18-8-3-4-9-19(18)22(24)27)23(28)29-14(2)20(25)17-11-10-15-6-5-7-16(15)12-17/h3-4,8-14H,5-7H2,1-2H3/t13-,14+/m1/s1. The first-order chi connectivity index (χ1) is 13.9. The van der Waals surface area contributed by atoms with E-state index in [1.165, 1.54) is 19.4 Å². The fourth-order valence-corrected chi connectivity index (χ4v) is 3.95. The second-order valence-electron chi connectivity index (χ2n) is 7.48. The molecule has 6 heteroatoms. The Morgan fingerprint density at radius 2 is 1.55 bits per heavy atom. The minimum absolute atomic E-state index is 0.263. The molecule has 0 N–H and O–H groups in total. The highest BCUT2D eigenvalue weighted by Crippen LogP contribution is 2.26. The zero-order valence-corrected chi connectivity index (χ0v) is 16.3. The quantitative estimate of drug-likeness (QED) is 0.445. The number of aryl methyl sites for hydroxylation is 2. The molecule has 0 unspecified atom stereocenters. The van der Waals surface area contributed by atoms with Crippen LogP contribution in [0.15, 0.2) is 42.5 Å². The van der Waals surface area contributed by atoms with E-state index < -0.39 is 29.9 Å². The van der Waals surface area contributed by atoms with Crippen molar-refractivity contribution in [3.8, 4) is 0 Å². The zero-order valence-electron chi connectivity index (χ0n) is 16.3. The van der Waals surface area contributed by atoms with Gasteiger partial charge in [0.2, 0.25) is 5.78 Å². The highest BCUT2D eigenvalue weighted by molar-refractivity contribution is 6.22. The van der Waals surface area contributed by atoms with Crippen LogP contribution in [0.25, 0.3) is 0 Å². The van der Waals surface area contributed by atoms with E-state index in [2.05, 4.69) is 0 Å². The van der Waals surface area contributed by atoms with E-state index in [9.17, 15) is 19.2 Å². The maximum atomic E-state index is 12.7. The predicted molar refractivity (Wildman–Crippen MR) is 105 cm³/mol. The number of hydrogen-bond acceptors (Lipinski definition) is 5. The van der Waals surface area contributed by atoms with Gasteiger partial charge in [0.25, 0.3) is 11.8 Å². The second kappa shape index (κ2) is 7.28. The number of rotatable bonds is 5. The smallest absolute Gasteiger partial charge is 0.329 e. The number of Topliss-reactive ketones (excluding diaryl/α,β-unsaturated/α-hetero) is 1. The molecular weight excluding hydrogens is 370 g/mol. The summed E-state index contributed by atoms with van der Waals surface area (Å²) in [5.41, 5.74) is 3.44. The average molecular weight is 391 g/mol. The predicted octanol–water partition coefficient (Wildman–Crippen LogP) is 2.97. The average Bonchev–Trinajstić information content (AvgIpc) is 3.29. The summed E-state index contributed by atoms with van der Waals surface area (Å²) in [6, 6.07) is 10.9. The summed E-state index contributed by atoms with van der Waals surface area (Å²) in [4.78, 5) is 51.2. The van der Waals surface area contributed by atoms with Gasteiger partial charge in [-0.15, -0.1) is 0 Å². The molecule has 0 spiro atoms. The molecule has 0 bridgehead atoms. The highest BCUT2D eigenvalue weighted by Gasteiger charge is 2.41. The number of carbonyl (C=O) groups is 4. The van der Waals surface area contributed by atoms with Crippen LogP contribution < -0.4 is 0 Å². The van der Waals surface area contributed by atoms with E-state index in [0.717, 1.165) is 29.7 Å². The molecule has 2 aromatic rings. The van der Waals surface area contributed by atoms with Crippen LogP contribution in [0.5, 0.6) is 0 Å². The lowest BCUT2D eigenvalue weighted by atomic mass is 10.0. The van der Waals surface area contributed by atoms with Crippen molar-refractivity contribution in [1.82, 2.24) is 4.90 Å². The van der Waals surface area contributed by atoms with Crippen LogP contribution in [0.4, 0.5) is 0 Å². The van der Waals surface area contributed by atoms with Crippen LogP contribution in [-0.2, 0) is 22.4 Å². The van der Waals surface area contributed by atoms with Crippen LogP contribution >= 0.6 is 0 Å². The molecule has 1 aliphatic heterocycles. The molecular formula is C23H21NO5. The number of carbonyl (C=O) groups excluding carboxylic acids is 4. The Morgan fingerprint density at radius 1 is 0.931 bits per heavy atom. The van der Waals surface area contributed by atoms with Crippen molar-refractivity contribution >= 4 is 23.6 Å². The van der Waals surface area contributed by atoms with Gasteiger partial charge in [-0.2, -0.15) is 0 Å².